The van der Waals surface area contributed by atoms with E-state index < -0.39 is 10.8 Å². The zero-order valence-electron chi connectivity index (χ0n) is 15.6. The van der Waals surface area contributed by atoms with E-state index in [-0.39, 0.29) is 61.5 Å². The first-order valence-corrected chi connectivity index (χ1v) is 9.04. The number of aryl methyl sites for hydroxylation is 1. The van der Waals surface area contributed by atoms with Crippen LogP contribution in [0, 0.1) is 17.0 Å². The van der Waals surface area contributed by atoms with Gasteiger partial charge in [-0.05, 0) is 6.92 Å². The van der Waals surface area contributed by atoms with Crippen molar-refractivity contribution >= 4 is 17.5 Å². The van der Waals surface area contributed by atoms with Crippen molar-refractivity contribution in [1.29, 1.82) is 0 Å². The number of hydrogen-bond donors (Lipinski definition) is 0. The second-order valence-electron chi connectivity index (χ2n) is 6.69. The highest BCUT2D eigenvalue weighted by atomic mass is 16.6. The normalized spacial score (nSPS) is 15.9. The zero-order valence-corrected chi connectivity index (χ0v) is 15.6. The molecule has 2 aliphatic rings. The zero-order chi connectivity index (χ0) is 20.5. The molecule has 4 rings (SSSR count). The van der Waals surface area contributed by atoms with Gasteiger partial charge >= 0.3 is 0 Å². The van der Waals surface area contributed by atoms with E-state index in [2.05, 4.69) is 5.16 Å². The van der Waals surface area contributed by atoms with Gasteiger partial charge in [0.05, 0.1) is 16.7 Å². The lowest BCUT2D eigenvalue weighted by molar-refractivity contribution is -0.385. The van der Waals surface area contributed by atoms with Crippen LogP contribution in [0.15, 0.2) is 22.7 Å². The fraction of sp³-hybridized carbons (Fsp3) is 0.389. The Morgan fingerprint density at radius 1 is 1.00 bits per heavy atom. The van der Waals surface area contributed by atoms with Crippen molar-refractivity contribution in [3.8, 4) is 11.5 Å². The molecule has 0 spiro atoms. The molecule has 2 aromatic rings. The van der Waals surface area contributed by atoms with E-state index in [1.165, 1.54) is 17.0 Å². The molecular formula is C18H18N4O7. The van der Waals surface area contributed by atoms with Crippen LogP contribution in [0.4, 0.5) is 5.69 Å². The Kier molecular flexibility index (Phi) is 4.79. The maximum atomic E-state index is 13.0. The predicted molar refractivity (Wildman–Crippen MR) is 97.1 cm³/mol. The summed E-state index contributed by atoms with van der Waals surface area (Å²) >= 11 is 0. The van der Waals surface area contributed by atoms with E-state index >= 15 is 0 Å². The molecule has 0 saturated carbocycles. The number of fused-ring (bicyclic) bond motifs is 1. The molecule has 0 unspecified atom stereocenters. The van der Waals surface area contributed by atoms with E-state index in [4.69, 9.17) is 14.0 Å². The molecule has 0 N–H and O–H groups in total. The van der Waals surface area contributed by atoms with Gasteiger partial charge in [-0.15, -0.1) is 0 Å². The van der Waals surface area contributed by atoms with E-state index in [1.807, 2.05) is 0 Å². The first-order chi connectivity index (χ1) is 13.9. The van der Waals surface area contributed by atoms with Crippen LogP contribution in [0.25, 0.3) is 0 Å². The second-order valence-corrected chi connectivity index (χ2v) is 6.69. The molecule has 2 amide bonds. The average molecular weight is 402 g/mol. The van der Waals surface area contributed by atoms with Gasteiger partial charge in [-0.1, -0.05) is 5.16 Å². The third-order valence-corrected chi connectivity index (χ3v) is 4.78. The molecule has 3 heterocycles. The van der Waals surface area contributed by atoms with Crippen molar-refractivity contribution in [1.82, 2.24) is 15.0 Å². The molecule has 1 fully saturated rings. The standard InChI is InChI=1S/C18H18N4O7/c1-11-8-16(29-19-11)18(24)21-4-2-20(3-5-21)17(23)12-9-14-15(28-7-6-27-14)10-13(12)22(25)26/h8-10H,2-7H2,1H3. The van der Waals surface area contributed by atoms with Crippen LogP contribution in [0.1, 0.15) is 26.6 Å². The Bertz CT molecular complexity index is 979. The van der Waals surface area contributed by atoms with Gasteiger partial charge in [-0.2, -0.15) is 0 Å². The van der Waals surface area contributed by atoms with Crippen molar-refractivity contribution in [3.05, 3.63) is 45.3 Å². The van der Waals surface area contributed by atoms with Crippen molar-refractivity contribution < 1.29 is 28.5 Å². The van der Waals surface area contributed by atoms with Gasteiger partial charge in [-0.25, -0.2) is 0 Å². The monoisotopic (exact) mass is 402 g/mol. The molecule has 1 saturated heterocycles. The van der Waals surface area contributed by atoms with Gasteiger partial charge in [0.1, 0.15) is 18.8 Å². The molecule has 0 radical (unpaired) electrons. The number of hydrogen-bond acceptors (Lipinski definition) is 8. The largest absolute Gasteiger partial charge is 0.486 e. The highest BCUT2D eigenvalue weighted by Crippen LogP contribution is 2.37. The van der Waals surface area contributed by atoms with Crippen molar-refractivity contribution in [2.24, 2.45) is 0 Å². The predicted octanol–water partition coefficient (Wildman–Crippen LogP) is 1.26. The van der Waals surface area contributed by atoms with Crippen LogP contribution in [0.3, 0.4) is 0 Å². The number of ether oxygens (including phenoxy) is 2. The lowest BCUT2D eigenvalue weighted by atomic mass is 10.1. The number of nitro groups is 1. The Hall–Kier alpha value is -3.63. The Morgan fingerprint density at radius 3 is 2.14 bits per heavy atom. The summed E-state index contributed by atoms with van der Waals surface area (Å²) in [6.45, 7) is 3.35. The molecule has 0 atom stereocenters. The van der Waals surface area contributed by atoms with Gasteiger partial charge in [0, 0.05) is 38.3 Å². The Labute approximate surface area is 164 Å². The van der Waals surface area contributed by atoms with Crippen LogP contribution in [-0.2, 0) is 0 Å². The number of benzene rings is 1. The van der Waals surface area contributed by atoms with Crippen LogP contribution in [0.2, 0.25) is 0 Å². The molecule has 152 valence electrons. The number of nitrogens with zero attached hydrogens (tertiary/aromatic N) is 4. The number of carbonyl (C=O) groups excluding carboxylic acids is 2. The number of amides is 2. The van der Waals surface area contributed by atoms with Crippen molar-refractivity contribution in [2.45, 2.75) is 6.92 Å². The number of rotatable bonds is 3. The first-order valence-electron chi connectivity index (χ1n) is 9.04. The Balaban J connectivity index is 1.50. The summed E-state index contributed by atoms with van der Waals surface area (Å²) in [5.41, 5.74) is 0.202. The lowest BCUT2D eigenvalue weighted by Gasteiger charge is -2.34. The van der Waals surface area contributed by atoms with Crippen LogP contribution in [0.5, 0.6) is 11.5 Å². The molecule has 11 heteroatoms. The smallest absolute Gasteiger partial charge is 0.292 e. The quantitative estimate of drug-likeness (QED) is 0.554. The van der Waals surface area contributed by atoms with Crippen molar-refractivity contribution in [2.75, 3.05) is 39.4 Å². The van der Waals surface area contributed by atoms with E-state index in [0.29, 0.717) is 18.1 Å². The summed E-state index contributed by atoms with van der Waals surface area (Å²) in [5.74, 6) is -0.0963. The fourth-order valence-electron chi connectivity index (χ4n) is 3.30. The molecule has 29 heavy (non-hydrogen) atoms. The summed E-state index contributed by atoms with van der Waals surface area (Å²) in [6, 6.07) is 4.12. The summed E-state index contributed by atoms with van der Waals surface area (Å²) in [4.78, 5) is 39.3. The molecule has 1 aromatic carbocycles. The fourth-order valence-corrected chi connectivity index (χ4v) is 3.30. The maximum Gasteiger partial charge on any atom is 0.292 e. The minimum atomic E-state index is -0.614. The highest BCUT2D eigenvalue weighted by Gasteiger charge is 2.32. The third kappa shape index (κ3) is 3.58. The van der Waals surface area contributed by atoms with Gasteiger partial charge in [-0.3, -0.25) is 19.7 Å². The minimum absolute atomic E-state index is 0.0649. The molecule has 11 nitrogen and oxygen atoms in total. The van der Waals surface area contributed by atoms with E-state index in [9.17, 15) is 19.7 Å². The van der Waals surface area contributed by atoms with Crippen LogP contribution in [-0.4, -0.2) is 71.1 Å². The molecule has 2 aliphatic heterocycles. The maximum absolute atomic E-state index is 13.0. The van der Waals surface area contributed by atoms with E-state index in [0.717, 1.165) is 0 Å². The first kappa shape index (κ1) is 18.7. The van der Waals surface area contributed by atoms with Crippen molar-refractivity contribution in [3.63, 3.8) is 0 Å². The number of aromatic nitrogens is 1. The molecule has 1 aromatic heterocycles. The number of carbonyl (C=O) groups is 2. The molecule has 0 bridgehead atoms. The van der Waals surface area contributed by atoms with Gasteiger partial charge < -0.3 is 23.8 Å². The summed E-state index contributed by atoms with van der Waals surface area (Å²) < 4.78 is 15.8. The van der Waals surface area contributed by atoms with Gasteiger partial charge in [0.15, 0.2) is 11.5 Å². The SMILES string of the molecule is Cc1cc(C(=O)N2CCN(C(=O)c3cc4c(cc3[N+](=O)[O-])OCCO4)CC2)on1. The third-order valence-electron chi connectivity index (χ3n) is 4.78. The van der Waals surface area contributed by atoms with Gasteiger partial charge in [0.25, 0.3) is 17.5 Å². The minimum Gasteiger partial charge on any atom is -0.486 e. The number of piperazine rings is 1. The van der Waals surface area contributed by atoms with Crippen LogP contribution < -0.4 is 9.47 Å². The van der Waals surface area contributed by atoms with E-state index in [1.54, 1.807) is 17.9 Å². The molecular weight excluding hydrogens is 384 g/mol. The lowest BCUT2D eigenvalue weighted by Crippen LogP contribution is -2.50. The summed E-state index contributed by atoms with van der Waals surface area (Å²) in [5, 5.41) is 15.2. The molecule has 0 aliphatic carbocycles. The summed E-state index contributed by atoms with van der Waals surface area (Å²) in [7, 11) is 0. The number of nitro benzene ring substituents is 1. The second kappa shape index (κ2) is 7.41. The van der Waals surface area contributed by atoms with Gasteiger partial charge in [0.2, 0.25) is 5.76 Å². The van der Waals surface area contributed by atoms with Crippen LogP contribution >= 0.6 is 0 Å². The summed E-state index contributed by atoms with van der Waals surface area (Å²) in [6.07, 6.45) is 0. The highest BCUT2D eigenvalue weighted by molar-refractivity contribution is 5.99. The average Bonchev–Trinajstić information content (AvgIpc) is 3.18. The topological polar surface area (TPSA) is 128 Å². The Morgan fingerprint density at radius 2 is 1.59 bits per heavy atom.